The number of hydrogen-bond donors (Lipinski definition) is 1. The fourth-order valence-corrected chi connectivity index (χ4v) is 1.26. The summed E-state index contributed by atoms with van der Waals surface area (Å²) in [4.78, 5) is 7.69. The molecule has 2 rings (SSSR count). The van der Waals surface area contributed by atoms with E-state index in [1.54, 1.807) is 0 Å². The van der Waals surface area contributed by atoms with Crippen molar-refractivity contribution >= 4 is 8.25 Å². The van der Waals surface area contributed by atoms with Gasteiger partial charge in [0.15, 0.2) is 0 Å². The van der Waals surface area contributed by atoms with Gasteiger partial charge in [-0.3, -0.25) is 4.57 Å². The molecular formula is C13H15O3P. The predicted octanol–water partition coefficient (Wildman–Crippen LogP) is 3.37. The highest BCUT2D eigenvalue weighted by molar-refractivity contribution is 7.32. The Labute approximate surface area is 102 Å². The van der Waals surface area contributed by atoms with Crippen molar-refractivity contribution in [3.8, 4) is 11.1 Å². The standard InChI is InChI=1S/C12H10.CH5O3P/c1-3-7-11(8-4-1)12-9-5-2-6-10-12;1-4-5(2)3/h1-10H;5H,1H3,(H,2,3). The van der Waals surface area contributed by atoms with E-state index < -0.39 is 8.25 Å². The zero-order valence-electron chi connectivity index (χ0n) is 9.54. The Morgan fingerprint density at radius 2 is 1.18 bits per heavy atom. The highest BCUT2D eigenvalue weighted by Gasteiger charge is 1.91. The molecule has 0 spiro atoms. The molecule has 90 valence electrons. The highest BCUT2D eigenvalue weighted by atomic mass is 31.1. The topological polar surface area (TPSA) is 46.5 Å². The third-order valence-electron chi connectivity index (χ3n) is 2.06. The first kappa shape index (κ1) is 13.7. The van der Waals surface area contributed by atoms with E-state index in [1.807, 2.05) is 12.1 Å². The molecule has 0 heterocycles. The molecule has 2 aromatic carbocycles. The molecule has 0 saturated heterocycles. The van der Waals surface area contributed by atoms with Gasteiger partial charge >= 0.3 is 8.25 Å². The van der Waals surface area contributed by atoms with Crippen molar-refractivity contribution in [1.82, 2.24) is 0 Å². The first-order chi connectivity index (χ1) is 8.24. The average molecular weight is 250 g/mol. The largest absolute Gasteiger partial charge is 0.326 e. The molecule has 0 bridgehead atoms. The third-order valence-corrected chi connectivity index (χ3v) is 2.40. The second-order valence-electron chi connectivity index (χ2n) is 3.20. The van der Waals surface area contributed by atoms with Gasteiger partial charge in [0, 0.05) is 7.11 Å². The summed E-state index contributed by atoms with van der Waals surface area (Å²) >= 11 is 0. The minimum absolute atomic E-state index is 1.18. The quantitative estimate of drug-likeness (QED) is 0.831. The Bertz CT molecular complexity index is 405. The van der Waals surface area contributed by atoms with Crippen molar-refractivity contribution in [3.63, 3.8) is 0 Å². The Morgan fingerprint density at radius 3 is 1.41 bits per heavy atom. The van der Waals surface area contributed by atoms with Crippen molar-refractivity contribution in [1.29, 1.82) is 0 Å². The normalized spacial score (nSPS) is 11.2. The van der Waals surface area contributed by atoms with Crippen molar-refractivity contribution in [3.05, 3.63) is 60.7 Å². The van der Waals surface area contributed by atoms with Crippen LogP contribution < -0.4 is 0 Å². The van der Waals surface area contributed by atoms with Crippen LogP contribution in [0.3, 0.4) is 0 Å². The second-order valence-corrected chi connectivity index (χ2v) is 4.14. The van der Waals surface area contributed by atoms with Gasteiger partial charge in [0.05, 0.1) is 0 Å². The summed E-state index contributed by atoms with van der Waals surface area (Å²) < 4.78 is 13.2. The van der Waals surface area contributed by atoms with E-state index >= 15 is 0 Å². The van der Waals surface area contributed by atoms with Crippen LogP contribution in [0.5, 0.6) is 0 Å². The first-order valence-corrected chi connectivity index (χ1v) is 6.38. The number of rotatable bonds is 2. The van der Waals surface area contributed by atoms with Crippen LogP contribution >= 0.6 is 8.25 Å². The molecule has 0 aliphatic rings. The Kier molecular flexibility index (Phi) is 6.26. The molecule has 3 nitrogen and oxygen atoms in total. The molecule has 0 aliphatic heterocycles. The lowest BCUT2D eigenvalue weighted by Gasteiger charge is -1.98. The van der Waals surface area contributed by atoms with Gasteiger partial charge in [-0.05, 0) is 11.1 Å². The van der Waals surface area contributed by atoms with Crippen LogP contribution in [0.15, 0.2) is 60.7 Å². The molecule has 0 aromatic heterocycles. The summed E-state index contributed by atoms with van der Waals surface area (Å²) in [5.74, 6) is 0. The highest BCUT2D eigenvalue weighted by Crippen LogP contribution is 2.17. The van der Waals surface area contributed by atoms with Crippen LogP contribution in [0.2, 0.25) is 0 Å². The third kappa shape index (κ3) is 5.45. The fraction of sp³-hybridized carbons (Fsp3) is 0.0769. The fourth-order valence-electron chi connectivity index (χ4n) is 1.26. The van der Waals surface area contributed by atoms with Crippen LogP contribution in [-0.4, -0.2) is 12.0 Å². The number of hydrogen-bond acceptors (Lipinski definition) is 2. The maximum atomic E-state index is 9.33. The molecule has 2 aromatic rings. The maximum Gasteiger partial charge on any atom is 0.316 e. The molecule has 0 saturated carbocycles. The van der Waals surface area contributed by atoms with Crippen molar-refractivity contribution in [2.75, 3.05) is 7.11 Å². The summed E-state index contributed by atoms with van der Waals surface area (Å²) in [5, 5.41) is 0. The lowest BCUT2D eigenvalue weighted by molar-refractivity contribution is 0.343. The van der Waals surface area contributed by atoms with E-state index in [0.717, 1.165) is 0 Å². The molecule has 1 unspecified atom stereocenters. The molecule has 17 heavy (non-hydrogen) atoms. The van der Waals surface area contributed by atoms with Gasteiger partial charge in [-0.2, -0.15) is 0 Å². The monoisotopic (exact) mass is 250 g/mol. The first-order valence-electron chi connectivity index (χ1n) is 5.11. The van der Waals surface area contributed by atoms with Crippen LogP contribution in [0.1, 0.15) is 0 Å². The van der Waals surface area contributed by atoms with Gasteiger partial charge in [-0.1, -0.05) is 60.7 Å². The zero-order valence-corrected chi connectivity index (χ0v) is 10.5. The smallest absolute Gasteiger partial charge is 0.316 e. The summed E-state index contributed by atoms with van der Waals surface area (Å²) in [7, 11) is -1.44. The van der Waals surface area contributed by atoms with Gasteiger partial charge in [-0.15, -0.1) is 0 Å². The molecule has 0 fully saturated rings. The SMILES string of the molecule is CO[PH](=O)O.c1ccc(-c2ccccc2)cc1. The molecule has 0 radical (unpaired) electrons. The molecule has 0 amide bonds. The van der Waals surface area contributed by atoms with Crippen LogP contribution in [0, 0.1) is 0 Å². The van der Waals surface area contributed by atoms with Crippen LogP contribution in [0.4, 0.5) is 0 Å². The van der Waals surface area contributed by atoms with E-state index in [1.165, 1.54) is 18.2 Å². The molecule has 4 heteroatoms. The van der Waals surface area contributed by atoms with Crippen LogP contribution in [0.25, 0.3) is 11.1 Å². The lowest BCUT2D eigenvalue weighted by atomic mass is 10.1. The summed E-state index contributed by atoms with van der Waals surface area (Å²) in [6.07, 6.45) is 0. The van der Waals surface area contributed by atoms with Crippen molar-refractivity contribution in [2.24, 2.45) is 0 Å². The Balaban J connectivity index is 0.000000249. The predicted molar refractivity (Wildman–Crippen MR) is 70.1 cm³/mol. The van der Waals surface area contributed by atoms with E-state index in [2.05, 4.69) is 53.1 Å². The van der Waals surface area contributed by atoms with E-state index in [4.69, 9.17) is 4.89 Å². The molecule has 0 aliphatic carbocycles. The van der Waals surface area contributed by atoms with Gasteiger partial charge in [0.25, 0.3) is 0 Å². The minimum atomic E-state index is -2.62. The van der Waals surface area contributed by atoms with Crippen molar-refractivity contribution in [2.45, 2.75) is 0 Å². The maximum absolute atomic E-state index is 9.33. The van der Waals surface area contributed by atoms with E-state index in [9.17, 15) is 4.57 Å². The lowest BCUT2D eigenvalue weighted by Crippen LogP contribution is -1.73. The van der Waals surface area contributed by atoms with Gasteiger partial charge < -0.3 is 9.42 Å². The number of benzene rings is 2. The van der Waals surface area contributed by atoms with Gasteiger partial charge in [-0.25, -0.2) is 0 Å². The second kappa shape index (κ2) is 7.80. The van der Waals surface area contributed by atoms with E-state index in [0.29, 0.717) is 0 Å². The summed E-state index contributed by atoms with van der Waals surface area (Å²) in [6.45, 7) is 0. The van der Waals surface area contributed by atoms with Gasteiger partial charge in [0.2, 0.25) is 0 Å². The minimum Gasteiger partial charge on any atom is -0.326 e. The Morgan fingerprint density at radius 1 is 0.882 bits per heavy atom. The zero-order chi connectivity index (χ0) is 12.5. The molecule has 1 atom stereocenters. The summed E-state index contributed by atoms with van der Waals surface area (Å²) in [5.41, 5.74) is 2.55. The van der Waals surface area contributed by atoms with Gasteiger partial charge in [0.1, 0.15) is 0 Å². The molecular weight excluding hydrogens is 235 g/mol. The summed E-state index contributed by atoms with van der Waals surface area (Å²) in [6, 6.07) is 20.8. The molecule has 1 N–H and O–H groups in total. The van der Waals surface area contributed by atoms with Crippen LogP contribution in [-0.2, 0) is 9.09 Å². The van der Waals surface area contributed by atoms with Crippen molar-refractivity contribution < 1.29 is 14.0 Å². The Hall–Kier alpha value is -1.41. The van der Waals surface area contributed by atoms with E-state index in [-0.39, 0.29) is 0 Å². The average Bonchev–Trinajstić information content (AvgIpc) is 2.41.